The standard InChI is InChI=1S/C11H15ClN2O4S/c1-18-7-8-2-3-14(6-8)19(16,17)9-4-10(12)11(15)13-5-9/h4-5,8H,2-3,6-7H2,1H3,(H,13,15). The molecule has 0 spiro atoms. The van der Waals surface area contributed by atoms with Gasteiger partial charge >= 0.3 is 0 Å². The van der Waals surface area contributed by atoms with Gasteiger partial charge in [0, 0.05) is 26.4 Å². The van der Waals surface area contributed by atoms with E-state index < -0.39 is 15.6 Å². The number of hydrogen-bond donors (Lipinski definition) is 1. The summed E-state index contributed by atoms with van der Waals surface area (Å²) in [6.07, 6.45) is 1.94. The number of nitrogens with one attached hydrogen (secondary N) is 1. The Labute approximate surface area is 116 Å². The summed E-state index contributed by atoms with van der Waals surface area (Å²) < 4.78 is 31.1. The van der Waals surface area contributed by atoms with Gasteiger partial charge in [-0.05, 0) is 18.4 Å². The first-order valence-electron chi connectivity index (χ1n) is 5.82. The van der Waals surface area contributed by atoms with E-state index in [2.05, 4.69) is 4.98 Å². The van der Waals surface area contributed by atoms with Gasteiger partial charge in [0.15, 0.2) is 0 Å². The Morgan fingerprint density at radius 3 is 2.95 bits per heavy atom. The van der Waals surface area contributed by atoms with E-state index in [0.29, 0.717) is 19.7 Å². The number of nitrogens with zero attached hydrogens (tertiary/aromatic N) is 1. The van der Waals surface area contributed by atoms with Gasteiger partial charge in [-0.1, -0.05) is 11.6 Å². The molecule has 0 amide bonds. The molecule has 8 heteroatoms. The number of hydrogen-bond acceptors (Lipinski definition) is 4. The van der Waals surface area contributed by atoms with Gasteiger partial charge in [-0.25, -0.2) is 8.42 Å². The maximum atomic E-state index is 12.4. The van der Waals surface area contributed by atoms with Crippen LogP contribution in [0.15, 0.2) is 22.0 Å². The van der Waals surface area contributed by atoms with Gasteiger partial charge in [-0.3, -0.25) is 4.79 Å². The van der Waals surface area contributed by atoms with Crippen LogP contribution < -0.4 is 5.56 Å². The van der Waals surface area contributed by atoms with Gasteiger partial charge in [0.25, 0.3) is 5.56 Å². The molecule has 106 valence electrons. The lowest BCUT2D eigenvalue weighted by atomic mass is 10.1. The van der Waals surface area contributed by atoms with E-state index >= 15 is 0 Å². The molecule has 1 fully saturated rings. The molecule has 1 aromatic rings. The third-order valence-electron chi connectivity index (χ3n) is 3.12. The number of halogens is 1. The molecule has 0 aliphatic carbocycles. The smallest absolute Gasteiger partial charge is 0.266 e. The summed E-state index contributed by atoms with van der Waals surface area (Å²) in [5.41, 5.74) is -0.501. The van der Waals surface area contributed by atoms with E-state index in [-0.39, 0.29) is 15.8 Å². The largest absolute Gasteiger partial charge is 0.384 e. The summed E-state index contributed by atoms with van der Waals surface area (Å²) in [5, 5.41) is -0.131. The lowest BCUT2D eigenvalue weighted by Crippen LogP contribution is -2.30. The van der Waals surface area contributed by atoms with Gasteiger partial charge in [-0.15, -0.1) is 0 Å². The summed E-state index contributed by atoms with van der Waals surface area (Å²) in [6.45, 7) is 1.42. The highest BCUT2D eigenvalue weighted by molar-refractivity contribution is 7.89. The van der Waals surface area contributed by atoms with E-state index in [1.165, 1.54) is 16.6 Å². The summed E-state index contributed by atoms with van der Waals surface area (Å²) in [5.74, 6) is 0.206. The Morgan fingerprint density at radius 2 is 2.32 bits per heavy atom. The summed E-state index contributed by atoms with van der Waals surface area (Å²) in [4.78, 5) is 13.5. The minimum absolute atomic E-state index is 0.00941. The highest BCUT2D eigenvalue weighted by Gasteiger charge is 2.32. The first kappa shape index (κ1) is 14.5. The molecule has 1 unspecified atom stereocenters. The fourth-order valence-electron chi connectivity index (χ4n) is 2.12. The molecule has 2 rings (SSSR count). The number of H-pyrrole nitrogens is 1. The number of sulfonamides is 1. The van der Waals surface area contributed by atoms with Crippen molar-refractivity contribution in [3.05, 3.63) is 27.6 Å². The Hall–Kier alpha value is -0.890. The second-order valence-corrected chi connectivity index (χ2v) is 6.83. The third-order valence-corrected chi connectivity index (χ3v) is 5.24. The van der Waals surface area contributed by atoms with Gasteiger partial charge in [-0.2, -0.15) is 4.31 Å². The second kappa shape index (κ2) is 5.62. The Balaban J connectivity index is 2.23. The highest BCUT2D eigenvalue weighted by atomic mass is 35.5. The molecule has 1 atom stereocenters. The molecule has 0 radical (unpaired) electrons. The van der Waals surface area contributed by atoms with Crippen LogP contribution in [0, 0.1) is 5.92 Å². The molecular weight excluding hydrogens is 292 g/mol. The quantitative estimate of drug-likeness (QED) is 0.887. The third kappa shape index (κ3) is 3.00. The zero-order valence-corrected chi connectivity index (χ0v) is 12.0. The van der Waals surface area contributed by atoms with Crippen LogP contribution in [0.3, 0.4) is 0 Å². The average Bonchev–Trinajstić information content (AvgIpc) is 2.82. The molecule has 1 aliphatic heterocycles. The SMILES string of the molecule is COCC1CCN(S(=O)(=O)c2c[nH]c(=O)c(Cl)c2)C1. The van der Waals surface area contributed by atoms with Crippen molar-refractivity contribution >= 4 is 21.6 Å². The van der Waals surface area contributed by atoms with Crippen molar-refractivity contribution in [2.75, 3.05) is 26.8 Å². The predicted molar refractivity (Wildman–Crippen MR) is 70.8 cm³/mol. The second-order valence-electron chi connectivity index (χ2n) is 4.49. The predicted octanol–water partition coefficient (Wildman–Crippen LogP) is 0.685. The van der Waals surface area contributed by atoms with Crippen LogP contribution in [0.4, 0.5) is 0 Å². The summed E-state index contributed by atoms with van der Waals surface area (Å²) in [7, 11) is -2.01. The van der Waals surface area contributed by atoms with E-state index in [1.807, 2.05) is 0 Å². The molecule has 2 heterocycles. The van der Waals surface area contributed by atoms with E-state index in [4.69, 9.17) is 16.3 Å². The number of methoxy groups -OCH3 is 1. The average molecular weight is 307 g/mol. The van der Waals surface area contributed by atoms with E-state index in [1.54, 1.807) is 7.11 Å². The molecule has 1 aromatic heterocycles. The molecule has 1 N–H and O–H groups in total. The Kier molecular flexibility index (Phi) is 4.29. The monoisotopic (exact) mass is 306 g/mol. The normalized spacial score (nSPS) is 20.8. The lowest BCUT2D eigenvalue weighted by Gasteiger charge is -2.16. The zero-order chi connectivity index (χ0) is 14.0. The number of aromatic nitrogens is 1. The maximum absolute atomic E-state index is 12.4. The van der Waals surface area contributed by atoms with Crippen molar-refractivity contribution in [2.24, 2.45) is 5.92 Å². The highest BCUT2D eigenvalue weighted by Crippen LogP contribution is 2.24. The maximum Gasteiger partial charge on any atom is 0.266 e. The molecule has 0 saturated carbocycles. The molecule has 6 nitrogen and oxygen atoms in total. The summed E-state index contributed by atoms with van der Waals surface area (Å²) in [6, 6.07) is 1.18. The molecule has 19 heavy (non-hydrogen) atoms. The fourth-order valence-corrected chi connectivity index (χ4v) is 3.89. The van der Waals surface area contributed by atoms with Crippen molar-refractivity contribution in [3.8, 4) is 0 Å². The zero-order valence-electron chi connectivity index (χ0n) is 10.4. The molecule has 1 aliphatic rings. The molecule has 0 bridgehead atoms. The van der Waals surface area contributed by atoms with Crippen LogP contribution in [-0.4, -0.2) is 44.5 Å². The van der Waals surface area contributed by atoms with Crippen LogP contribution in [0.2, 0.25) is 5.02 Å². The first-order chi connectivity index (χ1) is 8.95. The van der Waals surface area contributed by atoms with Crippen LogP contribution in [0.25, 0.3) is 0 Å². The van der Waals surface area contributed by atoms with Crippen molar-refractivity contribution in [1.29, 1.82) is 0 Å². The minimum Gasteiger partial charge on any atom is -0.384 e. The van der Waals surface area contributed by atoms with E-state index in [0.717, 1.165) is 6.42 Å². The van der Waals surface area contributed by atoms with E-state index in [9.17, 15) is 13.2 Å². The molecule has 0 aromatic carbocycles. The van der Waals surface area contributed by atoms with Gasteiger partial charge < -0.3 is 9.72 Å². The topological polar surface area (TPSA) is 79.5 Å². The van der Waals surface area contributed by atoms with Crippen molar-refractivity contribution in [2.45, 2.75) is 11.3 Å². The molecular formula is C11H15ClN2O4S. The molecule has 1 saturated heterocycles. The van der Waals surface area contributed by atoms with Crippen molar-refractivity contribution < 1.29 is 13.2 Å². The lowest BCUT2D eigenvalue weighted by molar-refractivity contribution is 0.157. The van der Waals surface area contributed by atoms with Crippen LogP contribution >= 0.6 is 11.6 Å². The van der Waals surface area contributed by atoms with Gasteiger partial charge in [0.05, 0.1) is 11.5 Å². The first-order valence-corrected chi connectivity index (χ1v) is 7.64. The van der Waals surface area contributed by atoms with Crippen molar-refractivity contribution in [3.63, 3.8) is 0 Å². The van der Waals surface area contributed by atoms with Crippen LogP contribution in [0.5, 0.6) is 0 Å². The van der Waals surface area contributed by atoms with Gasteiger partial charge in [0.2, 0.25) is 10.0 Å². The number of aromatic amines is 1. The Bertz CT molecular complexity index is 613. The number of ether oxygens (including phenoxy) is 1. The fraction of sp³-hybridized carbons (Fsp3) is 0.545. The Morgan fingerprint density at radius 1 is 1.58 bits per heavy atom. The number of rotatable bonds is 4. The van der Waals surface area contributed by atoms with Crippen LogP contribution in [-0.2, 0) is 14.8 Å². The summed E-state index contributed by atoms with van der Waals surface area (Å²) >= 11 is 5.66. The number of pyridine rings is 1. The minimum atomic E-state index is -3.61. The van der Waals surface area contributed by atoms with Crippen molar-refractivity contribution in [1.82, 2.24) is 9.29 Å². The van der Waals surface area contributed by atoms with Gasteiger partial charge in [0.1, 0.15) is 5.02 Å². The van der Waals surface area contributed by atoms with Crippen LogP contribution in [0.1, 0.15) is 6.42 Å².